The molecule has 0 radical (unpaired) electrons. The third kappa shape index (κ3) is 4.49. The van der Waals surface area contributed by atoms with E-state index in [0.29, 0.717) is 17.7 Å². The van der Waals surface area contributed by atoms with Crippen LogP contribution in [0.25, 0.3) is 0 Å². The number of rotatable bonds is 6. The van der Waals surface area contributed by atoms with Gasteiger partial charge in [0.15, 0.2) is 23.0 Å². The Morgan fingerprint density at radius 3 is 2.27 bits per heavy atom. The summed E-state index contributed by atoms with van der Waals surface area (Å²) in [6.45, 7) is 7.16. The van der Waals surface area contributed by atoms with Gasteiger partial charge in [-0.3, -0.25) is 24.1 Å². The van der Waals surface area contributed by atoms with Gasteiger partial charge in [-0.1, -0.05) is 20.8 Å². The summed E-state index contributed by atoms with van der Waals surface area (Å²) in [5.41, 5.74) is 3.70. The molecule has 1 aromatic carbocycles. The fraction of sp³-hybridized carbons (Fsp3) is 0.586. The van der Waals surface area contributed by atoms with E-state index in [4.69, 9.17) is 5.73 Å². The highest BCUT2D eigenvalue weighted by atomic mass is 16.3. The lowest BCUT2D eigenvalue weighted by Gasteiger charge is -2.52. The van der Waals surface area contributed by atoms with Crippen molar-refractivity contribution in [3.8, 4) is 5.75 Å². The van der Waals surface area contributed by atoms with Crippen LogP contribution >= 0.6 is 0 Å². The maximum Gasteiger partial charge on any atom is 0.255 e. The lowest BCUT2D eigenvalue weighted by Crippen LogP contribution is -2.68. The fourth-order valence-corrected chi connectivity index (χ4v) is 6.67. The number of likely N-dealkylation sites (N-methyl/N-ethyl adjacent to an activating group) is 1. The van der Waals surface area contributed by atoms with Gasteiger partial charge < -0.3 is 31.3 Å². The molecule has 5 atom stereocenters. The molecule has 0 bridgehead atoms. The number of aromatic hydroxyl groups is 1. The van der Waals surface area contributed by atoms with E-state index in [2.05, 4.69) is 26.1 Å². The number of ketones is 3. The highest BCUT2D eigenvalue weighted by molar-refractivity contribution is 6.25. The zero-order valence-electron chi connectivity index (χ0n) is 24.2. The summed E-state index contributed by atoms with van der Waals surface area (Å²) < 4.78 is 0. The molecule has 1 fully saturated rings. The van der Waals surface area contributed by atoms with E-state index < -0.39 is 64.0 Å². The van der Waals surface area contributed by atoms with Gasteiger partial charge in [0.2, 0.25) is 0 Å². The van der Waals surface area contributed by atoms with Crippen LogP contribution in [0.2, 0.25) is 0 Å². The summed E-state index contributed by atoms with van der Waals surface area (Å²) in [4.78, 5) is 56.8. The second kappa shape index (κ2) is 9.97. The molecule has 11 nitrogen and oxygen atoms in total. The Morgan fingerprint density at radius 2 is 1.75 bits per heavy atom. The average Bonchev–Trinajstić information content (AvgIpc) is 2.81. The molecule has 3 aliphatic carbocycles. The van der Waals surface area contributed by atoms with Crippen molar-refractivity contribution in [1.82, 2.24) is 10.2 Å². The Balaban J connectivity index is 1.85. The van der Waals surface area contributed by atoms with E-state index in [1.165, 1.54) is 4.90 Å². The number of Topliss-reactive ketones (excluding diaryl/α,β-unsaturated/α-hetero) is 3. The van der Waals surface area contributed by atoms with Crippen molar-refractivity contribution in [2.75, 3.05) is 39.6 Å². The van der Waals surface area contributed by atoms with Crippen LogP contribution in [0.1, 0.15) is 48.7 Å². The van der Waals surface area contributed by atoms with Gasteiger partial charge in [-0.05, 0) is 49.9 Å². The van der Waals surface area contributed by atoms with Gasteiger partial charge in [0, 0.05) is 44.4 Å². The Hall–Kier alpha value is -3.28. The predicted octanol–water partition coefficient (Wildman–Crippen LogP) is 0.696. The van der Waals surface area contributed by atoms with E-state index in [1.807, 2.05) is 25.1 Å². The summed E-state index contributed by atoms with van der Waals surface area (Å²) in [6.07, 6.45) is 0.285. The molecule has 1 aromatic rings. The summed E-state index contributed by atoms with van der Waals surface area (Å²) in [7, 11) is 6.80. The first-order chi connectivity index (χ1) is 18.4. The molecule has 1 amide bonds. The number of aliphatic hydroxyl groups is 2. The standard InChI is InChI=1S/C29H40N4O7/c1-28(2,3)12-31-11-14-10-17(32(4)5)15-8-13-9-16-21(33(6)7)24(36)20(27(30)39)26(38)29(16,40)25(37)18(13)23(35)19(15)22(14)34/h10,13,16,18,21,31,34,38,40H,8-9,11-12H2,1-7H3,(H2,30,39)/t13-,16-,18?,21-,29-/m0/s1. The second-order valence-electron chi connectivity index (χ2n) is 13.0. The zero-order chi connectivity index (χ0) is 30.1. The number of hydrogen-bond acceptors (Lipinski definition) is 10. The maximum absolute atomic E-state index is 14.1. The van der Waals surface area contributed by atoms with Crippen LogP contribution < -0.4 is 16.0 Å². The number of phenolic OH excluding ortho intramolecular Hbond substituents is 1. The maximum atomic E-state index is 14.1. The Labute approximate surface area is 234 Å². The second-order valence-corrected chi connectivity index (χ2v) is 13.0. The number of nitrogens with two attached hydrogens (primary N) is 1. The highest BCUT2D eigenvalue weighted by Gasteiger charge is 2.66. The van der Waals surface area contributed by atoms with Crippen LogP contribution in [0, 0.1) is 23.2 Å². The highest BCUT2D eigenvalue weighted by Crippen LogP contribution is 2.53. The number of carbonyl (C=O) groups is 4. The van der Waals surface area contributed by atoms with Crippen molar-refractivity contribution in [3.05, 3.63) is 34.1 Å². The van der Waals surface area contributed by atoms with Crippen molar-refractivity contribution in [2.24, 2.45) is 28.9 Å². The summed E-state index contributed by atoms with van der Waals surface area (Å²) in [5.74, 6) is -8.13. The molecule has 0 aromatic heterocycles. The minimum absolute atomic E-state index is 0.0111. The minimum Gasteiger partial charge on any atom is -0.508 e. The van der Waals surface area contributed by atoms with E-state index in [-0.39, 0.29) is 36.1 Å². The molecule has 1 saturated carbocycles. The number of primary amides is 1. The van der Waals surface area contributed by atoms with Gasteiger partial charge in [-0.2, -0.15) is 0 Å². The summed E-state index contributed by atoms with van der Waals surface area (Å²) >= 11 is 0. The molecule has 4 rings (SSSR count). The molecule has 6 N–H and O–H groups in total. The fourth-order valence-electron chi connectivity index (χ4n) is 6.67. The number of hydrogen-bond donors (Lipinski definition) is 5. The molecule has 40 heavy (non-hydrogen) atoms. The van der Waals surface area contributed by atoms with Crippen LogP contribution in [0.4, 0.5) is 5.69 Å². The summed E-state index contributed by atoms with van der Waals surface area (Å²) in [5, 5.41) is 37.4. The molecular weight excluding hydrogens is 516 g/mol. The molecule has 218 valence electrons. The molecule has 0 aliphatic heterocycles. The molecule has 1 unspecified atom stereocenters. The van der Waals surface area contributed by atoms with Gasteiger partial charge >= 0.3 is 0 Å². The van der Waals surface area contributed by atoms with Gasteiger partial charge in [0.25, 0.3) is 5.91 Å². The number of fused-ring (bicyclic) bond motifs is 3. The minimum atomic E-state index is -2.66. The van der Waals surface area contributed by atoms with Crippen molar-refractivity contribution in [1.29, 1.82) is 0 Å². The largest absolute Gasteiger partial charge is 0.508 e. The van der Waals surface area contributed by atoms with E-state index >= 15 is 0 Å². The van der Waals surface area contributed by atoms with E-state index in [1.54, 1.807) is 14.1 Å². The van der Waals surface area contributed by atoms with Crippen molar-refractivity contribution < 1.29 is 34.5 Å². The van der Waals surface area contributed by atoms with Crippen LogP contribution in [0.15, 0.2) is 17.4 Å². The lowest BCUT2D eigenvalue weighted by atomic mass is 9.54. The molecule has 3 aliphatic rings. The number of aliphatic hydroxyl groups excluding tert-OH is 1. The van der Waals surface area contributed by atoms with Gasteiger partial charge in [-0.25, -0.2) is 0 Å². The SMILES string of the molecule is CN(C)c1cc(CNCC(C)(C)C)c(O)c2c1C[C@H]1C[C@H]3[C@H](N(C)C)C(=O)C(C(N)=O)=C(O)[C@@]3(O)C(=O)C1C2=O. The number of anilines is 1. The van der Waals surface area contributed by atoms with E-state index in [9.17, 15) is 34.5 Å². The van der Waals surface area contributed by atoms with Crippen LogP contribution in [-0.2, 0) is 27.3 Å². The Morgan fingerprint density at radius 1 is 1.12 bits per heavy atom. The van der Waals surface area contributed by atoms with Gasteiger partial charge in [0.1, 0.15) is 17.1 Å². The smallest absolute Gasteiger partial charge is 0.255 e. The van der Waals surface area contributed by atoms with Crippen molar-refractivity contribution in [2.45, 2.75) is 51.8 Å². The van der Waals surface area contributed by atoms with Crippen LogP contribution in [0.5, 0.6) is 5.75 Å². The quantitative estimate of drug-likeness (QED) is 0.248. The third-order valence-electron chi connectivity index (χ3n) is 8.43. The molecule has 0 heterocycles. The topological polar surface area (TPSA) is 174 Å². The molecular formula is C29H40N4O7. The predicted molar refractivity (Wildman–Crippen MR) is 148 cm³/mol. The number of amides is 1. The number of phenols is 1. The van der Waals surface area contributed by atoms with Crippen molar-refractivity contribution >= 4 is 28.9 Å². The molecule has 0 saturated heterocycles. The monoisotopic (exact) mass is 556 g/mol. The number of benzene rings is 1. The van der Waals surface area contributed by atoms with Crippen LogP contribution in [-0.4, -0.2) is 89.9 Å². The summed E-state index contributed by atoms with van der Waals surface area (Å²) in [6, 6.07) is 0.710. The van der Waals surface area contributed by atoms with Gasteiger partial charge in [0.05, 0.1) is 17.5 Å². The molecule has 0 spiro atoms. The molecule has 11 heteroatoms. The van der Waals surface area contributed by atoms with Gasteiger partial charge in [-0.15, -0.1) is 0 Å². The Kier molecular flexibility index (Phi) is 7.40. The van der Waals surface area contributed by atoms with Crippen LogP contribution in [0.3, 0.4) is 0 Å². The van der Waals surface area contributed by atoms with Crippen molar-refractivity contribution in [3.63, 3.8) is 0 Å². The lowest BCUT2D eigenvalue weighted by molar-refractivity contribution is -0.163. The number of nitrogens with one attached hydrogen (secondary N) is 1. The first kappa shape index (κ1) is 29.7. The zero-order valence-corrected chi connectivity index (χ0v) is 24.2. The number of nitrogens with zero attached hydrogens (tertiary/aromatic N) is 2. The Bertz CT molecular complexity index is 1330. The third-order valence-corrected chi connectivity index (χ3v) is 8.43. The first-order valence-electron chi connectivity index (χ1n) is 13.4. The number of carbonyl (C=O) groups excluding carboxylic acids is 4. The average molecular weight is 557 g/mol. The first-order valence-corrected chi connectivity index (χ1v) is 13.4. The van der Waals surface area contributed by atoms with E-state index in [0.717, 1.165) is 5.69 Å². The normalized spacial score (nSPS) is 28.4.